The van der Waals surface area contributed by atoms with Gasteiger partial charge in [0.05, 0.1) is 4.90 Å². The molecule has 1 amide bonds. The normalized spacial score (nSPS) is 17.1. The molecule has 1 aromatic rings. The zero-order valence-corrected chi connectivity index (χ0v) is 16.5. The molecule has 1 fully saturated rings. The van der Waals surface area contributed by atoms with Crippen molar-refractivity contribution in [2.24, 2.45) is 0 Å². The number of amides is 1. The van der Waals surface area contributed by atoms with Gasteiger partial charge in [-0.25, -0.2) is 13.1 Å². The van der Waals surface area contributed by atoms with Gasteiger partial charge in [-0.2, -0.15) is 0 Å². The molecule has 1 aliphatic rings. The molecular weight excluding hydrogens is 336 g/mol. The topological polar surface area (TPSA) is 75.3 Å². The van der Waals surface area contributed by atoms with Crippen molar-refractivity contribution in [3.8, 4) is 0 Å². The minimum atomic E-state index is -3.66. The largest absolute Gasteiger partial charge is 0.349 e. The highest BCUT2D eigenvalue weighted by molar-refractivity contribution is 7.89. The molecule has 0 bridgehead atoms. The Labute approximate surface area is 151 Å². The van der Waals surface area contributed by atoms with Crippen molar-refractivity contribution in [3.63, 3.8) is 0 Å². The van der Waals surface area contributed by atoms with Crippen molar-refractivity contribution < 1.29 is 13.2 Å². The number of aryl methyl sites for hydroxylation is 1. The number of hydrogen-bond acceptors (Lipinski definition) is 3. The molecule has 0 aliphatic heterocycles. The molecule has 1 saturated carbocycles. The van der Waals surface area contributed by atoms with Gasteiger partial charge < -0.3 is 5.32 Å². The Bertz CT molecular complexity index is 713. The van der Waals surface area contributed by atoms with Crippen LogP contribution in [0.5, 0.6) is 0 Å². The first-order valence-electron chi connectivity index (χ1n) is 9.04. The third-order valence-electron chi connectivity index (χ3n) is 4.39. The predicted molar refractivity (Wildman–Crippen MR) is 100 cm³/mol. The number of carbonyl (C=O) groups excluding carboxylic acids is 1. The fourth-order valence-electron chi connectivity index (χ4n) is 3.16. The van der Waals surface area contributed by atoms with Crippen LogP contribution in [0.3, 0.4) is 0 Å². The average Bonchev–Trinajstić information content (AvgIpc) is 2.73. The molecule has 5 nitrogen and oxygen atoms in total. The highest BCUT2D eigenvalue weighted by Crippen LogP contribution is 2.20. The third-order valence-corrected chi connectivity index (χ3v) is 6.15. The number of rotatable bonds is 4. The van der Waals surface area contributed by atoms with Crippen LogP contribution in [0.1, 0.15) is 75.2 Å². The van der Waals surface area contributed by atoms with Crippen LogP contribution in [0.2, 0.25) is 0 Å². The Balaban J connectivity index is 2.22. The van der Waals surface area contributed by atoms with Crippen LogP contribution in [0, 0.1) is 6.92 Å². The smallest absolute Gasteiger partial charge is 0.251 e. The van der Waals surface area contributed by atoms with E-state index in [9.17, 15) is 13.2 Å². The van der Waals surface area contributed by atoms with Crippen LogP contribution < -0.4 is 10.0 Å². The first-order chi connectivity index (χ1) is 11.6. The molecular formula is C19H30N2O3S. The monoisotopic (exact) mass is 366 g/mol. The van der Waals surface area contributed by atoms with Gasteiger partial charge in [0.1, 0.15) is 0 Å². The highest BCUT2D eigenvalue weighted by Gasteiger charge is 2.24. The first-order valence-corrected chi connectivity index (χ1v) is 10.5. The second-order valence-electron chi connectivity index (χ2n) is 7.99. The summed E-state index contributed by atoms with van der Waals surface area (Å²) in [7, 11) is -3.66. The van der Waals surface area contributed by atoms with E-state index in [1.54, 1.807) is 32.9 Å². The Kier molecular flexibility index (Phi) is 6.27. The Morgan fingerprint density at radius 3 is 2.24 bits per heavy atom. The molecule has 0 aromatic heterocycles. The van der Waals surface area contributed by atoms with Crippen LogP contribution >= 0.6 is 0 Å². The summed E-state index contributed by atoms with van der Waals surface area (Å²) >= 11 is 0. The Morgan fingerprint density at radius 1 is 1.08 bits per heavy atom. The maximum Gasteiger partial charge on any atom is 0.251 e. The van der Waals surface area contributed by atoms with Crippen molar-refractivity contribution in [3.05, 3.63) is 29.3 Å². The van der Waals surface area contributed by atoms with Crippen LogP contribution in [-0.4, -0.2) is 25.9 Å². The molecule has 0 spiro atoms. The van der Waals surface area contributed by atoms with Crippen LogP contribution in [-0.2, 0) is 10.0 Å². The number of hydrogen-bond donors (Lipinski definition) is 2. The van der Waals surface area contributed by atoms with E-state index in [0.717, 1.165) is 31.2 Å². The molecule has 1 aromatic carbocycles. The standard InChI is InChI=1S/C19H30N2O3S/c1-14-11-12-16(25(23,24)21-19(2,3)4)13-17(14)18(22)20-15-9-7-5-6-8-10-15/h11-13,15,21H,5-10H2,1-4H3,(H,20,22). The Morgan fingerprint density at radius 2 is 1.68 bits per heavy atom. The molecule has 0 saturated heterocycles. The summed E-state index contributed by atoms with van der Waals surface area (Å²) in [5.74, 6) is -0.183. The van der Waals surface area contributed by atoms with Gasteiger partial charge in [-0.05, 0) is 58.2 Å². The molecule has 0 atom stereocenters. The summed E-state index contributed by atoms with van der Waals surface area (Å²) in [6.45, 7) is 7.20. The van der Waals surface area contributed by atoms with E-state index in [0.29, 0.717) is 5.56 Å². The van der Waals surface area contributed by atoms with Crippen molar-refractivity contribution in [1.29, 1.82) is 0 Å². The van der Waals surface area contributed by atoms with Gasteiger partial charge in [0.2, 0.25) is 10.0 Å². The quantitative estimate of drug-likeness (QED) is 0.801. The van der Waals surface area contributed by atoms with Gasteiger partial charge in [-0.15, -0.1) is 0 Å². The number of benzene rings is 1. The third kappa shape index (κ3) is 5.82. The molecule has 0 heterocycles. The summed E-state index contributed by atoms with van der Waals surface area (Å²) in [5.41, 5.74) is 0.633. The first kappa shape index (κ1) is 19.9. The van der Waals surface area contributed by atoms with E-state index in [4.69, 9.17) is 0 Å². The molecule has 1 aliphatic carbocycles. The van der Waals surface area contributed by atoms with Crippen LogP contribution in [0.25, 0.3) is 0 Å². The predicted octanol–water partition coefficient (Wildman–Crippen LogP) is 3.52. The van der Waals surface area contributed by atoms with Crippen LogP contribution in [0.4, 0.5) is 0 Å². The minimum absolute atomic E-state index is 0.124. The lowest BCUT2D eigenvalue weighted by molar-refractivity contribution is 0.0932. The van der Waals surface area contributed by atoms with E-state index < -0.39 is 15.6 Å². The fourth-order valence-corrected chi connectivity index (χ4v) is 4.61. The van der Waals surface area contributed by atoms with E-state index in [1.807, 2.05) is 6.92 Å². The second kappa shape index (κ2) is 7.87. The lowest BCUT2D eigenvalue weighted by Crippen LogP contribution is -2.40. The zero-order chi connectivity index (χ0) is 18.7. The molecule has 25 heavy (non-hydrogen) atoms. The summed E-state index contributed by atoms with van der Waals surface area (Å²) in [6.07, 6.45) is 6.69. The Hall–Kier alpha value is -1.40. The maximum absolute atomic E-state index is 12.7. The van der Waals surface area contributed by atoms with E-state index >= 15 is 0 Å². The molecule has 0 radical (unpaired) electrons. The second-order valence-corrected chi connectivity index (χ2v) is 9.68. The lowest BCUT2D eigenvalue weighted by atomic mass is 10.1. The van der Waals surface area contributed by atoms with Gasteiger partial charge in [0.15, 0.2) is 0 Å². The van der Waals surface area contributed by atoms with Gasteiger partial charge in [0.25, 0.3) is 5.91 Å². The van der Waals surface area contributed by atoms with Crippen LogP contribution in [0.15, 0.2) is 23.1 Å². The van der Waals surface area contributed by atoms with Gasteiger partial charge in [-0.3, -0.25) is 4.79 Å². The van der Waals surface area contributed by atoms with Gasteiger partial charge >= 0.3 is 0 Å². The SMILES string of the molecule is Cc1ccc(S(=O)(=O)NC(C)(C)C)cc1C(=O)NC1CCCCCC1. The molecule has 140 valence electrons. The summed E-state index contributed by atoms with van der Waals surface area (Å²) in [5, 5.41) is 3.09. The zero-order valence-electron chi connectivity index (χ0n) is 15.7. The molecule has 6 heteroatoms. The van der Waals surface area contributed by atoms with Gasteiger partial charge in [-0.1, -0.05) is 31.7 Å². The van der Waals surface area contributed by atoms with E-state index in [1.165, 1.54) is 18.9 Å². The lowest BCUT2D eigenvalue weighted by Gasteiger charge is -2.21. The van der Waals surface area contributed by atoms with Crippen molar-refractivity contribution in [2.45, 2.75) is 82.7 Å². The summed E-state index contributed by atoms with van der Waals surface area (Å²) in [4.78, 5) is 12.8. The van der Waals surface area contributed by atoms with E-state index in [-0.39, 0.29) is 16.8 Å². The molecule has 2 rings (SSSR count). The van der Waals surface area contributed by atoms with Crippen molar-refractivity contribution >= 4 is 15.9 Å². The molecule has 2 N–H and O–H groups in total. The highest BCUT2D eigenvalue weighted by atomic mass is 32.2. The van der Waals surface area contributed by atoms with Gasteiger partial charge in [0, 0.05) is 17.1 Å². The number of nitrogens with one attached hydrogen (secondary N) is 2. The number of sulfonamides is 1. The van der Waals surface area contributed by atoms with Crippen molar-refractivity contribution in [2.75, 3.05) is 0 Å². The fraction of sp³-hybridized carbons (Fsp3) is 0.632. The summed E-state index contributed by atoms with van der Waals surface area (Å²) in [6, 6.07) is 4.91. The summed E-state index contributed by atoms with van der Waals surface area (Å²) < 4.78 is 27.7. The maximum atomic E-state index is 12.7. The van der Waals surface area contributed by atoms with E-state index in [2.05, 4.69) is 10.0 Å². The average molecular weight is 367 g/mol. The minimum Gasteiger partial charge on any atom is -0.349 e. The number of carbonyl (C=O) groups is 1. The molecule has 0 unspecified atom stereocenters. The van der Waals surface area contributed by atoms with Crippen molar-refractivity contribution in [1.82, 2.24) is 10.0 Å².